The number of hydrogen-bond acceptors (Lipinski definition) is 3. The Morgan fingerprint density at radius 3 is 2.65 bits per heavy atom. The summed E-state index contributed by atoms with van der Waals surface area (Å²) in [6, 6.07) is 10.5. The first-order valence-corrected chi connectivity index (χ1v) is 8.25. The predicted molar refractivity (Wildman–Crippen MR) is 98.6 cm³/mol. The highest BCUT2D eigenvalue weighted by molar-refractivity contribution is 9.10. The number of rotatable bonds is 5. The number of nitrogens with one attached hydrogen (secondary N) is 2. The Morgan fingerprint density at radius 1 is 1.26 bits per heavy atom. The van der Waals surface area contributed by atoms with Gasteiger partial charge in [-0.15, -0.1) is 0 Å². The third-order valence-corrected chi connectivity index (χ3v) is 4.48. The van der Waals surface area contributed by atoms with Gasteiger partial charge in [0.2, 0.25) is 5.91 Å². The number of aryl methyl sites for hydroxylation is 1. The number of ether oxygens (including phenoxy) is 1. The number of carbonyl (C=O) groups is 1. The zero-order chi connectivity index (χ0) is 17.0. The number of benzene rings is 2. The van der Waals surface area contributed by atoms with Crippen LogP contribution in [0.15, 0.2) is 40.9 Å². The zero-order valence-electron chi connectivity index (χ0n) is 13.1. The van der Waals surface area contributed by atoms with Crippen LogP contribution in [0.25, 0.3) is 0 Å². The molecule has 0 aliphatic rings. The van der Waals surface area contributed by atoms with Crippen LogP contribution in [0.4, 0.5) is 11.4 Å². The molecule has 0 aliphatic carbocycles. The first kappa shape index (κ1) is 17.6. The highest BCUT2D eigenvalue weighted by atomic mass is 79.9. The Morgan fingerprint density at radius 2 is 2.00 bits per heavy atom. The predicted octanol–water partition coefficient (Wildman–Crippen LogP) is 4.86. The van der Waals surface area contributed by atoms with Gasteiger partial charge >= 0.3 is 0 Å². The number of methoxy groups -OCH3 is 1. The molecule has 0 fully saturated rings. The molecule has 0 heterocycles. The van der Waals surface area contributed by atoms with Crippen LogP contribution in [0.1, 0.15) is 12.5 Å². The van der Waals surface area contributed by atoms with Crippen molar-refractivity contribution in [2.75, 3.05) is 17.7 Å². The van der Waals surface area contributed by atoms with E-state index in [2.05, 4.69) is 26.6 Å². The molecule has 2 N–H and O–H groups in total. The second-order valence-electron chi connectivity index (χ2n) is 5.16. The average molecular weight is 398 g/mol. The topological polar surface area (TPSA) is 50.4 Å². The van der Waals surface area contributed by atoms with Gasteiger partial charge in [-0.05, 0) is 55.8 Å². The Kier molecular flexibility index (Phi) is 5.91. The monoisotopic (exact) mass is 396 g/mol. The van der Waals surface area contributed by atoms with E-state index < -0.39 is 6.04 Å². The maximum Gasteiger partial charge on any atom is 0.246 e. The molecule has 0 spiro atoms. The van der Waals surface area contributed by atoms with E-state index in [0.29, 0.717) is 16.5 Å². The van der Waals surface area contributed by atoms with Gasteiger partial charge < -0.3 is 15.4 Å². The molecular weight excluding hydrogens is 380 g/mol. The lowest BCUT2D eigenvalue weighted by atomic mass is 10.2. The van der Waals surface area contributed by atoms with Crippen molar-refractivity contribution in [1.82, 2.24) is 0 Å². The van der Waals surface area contributed by atoms with Crippen molar-refractivity contribution in [1.29, 1.82) is 0 Å². The van der Waals surface area contributed by atoms with Crippen molar-refractivity contribution >= 4 is 44.8 Å². The Labute approximate surface area is 149 Å². The third kappa shape index (κ3) is 4.62. The lowest BCUT2D eigenvalue weighted by molar-refractivity contribution is -0.116. The van der Waals surface area contributed by atoms with Gasteiger partial charge in [-0.25, -0.2) is 0 Å². The molecule has 2 aromatic carbocycles. The maximum absolute atomic E-state index is 12.4. The fourth-order valence-corrected chi connectivity index (χ4v) is 2.49. The highest BCUT2D eigenvalue weighted by Crippen LogP contribution is 2.28. The Balaban J connectivity index is 2.08. The number of carbonyl (C=O) groups excluding carboxylic acids is 1. The van der Waals surface area contributed by atoms with Crippen LogP contribution in [0.2, 0.25) is 5.02 Å². The van der Waals surface area contributed by atoms with E-state index in [1.807, 2.05) is 25.1 Å². The van der Waals surface area contributed by atoms with Crippen molar-refractivity contribution in [2.45, 2.75) is 19.9 Å². The van der Waals surface area contributed by atoms with Gasteiger partial charge in [0.25, 0.3) is 0 Å². The highest BCUT2D eigenvalue weighted by Gasteiger charge is 2.15. The van der Waals surface area contributed by atoms with Crippen molar-refractivity contribution in [3.05, 3.63) is 51.5 Å². The van der Waals surface area contributed by atoms with Crippen LogP contribution in [-0.4, -0.2) is 19.1 Å². The maximum atomic E-state index is 12.4. The lowest BCUT2D eigenvalue weighted by Crippen LogP contribution is -2.32. The molecule has 0 radical (unpaired) electrons. The van der Waals surface area contributed by atoms with Crippen LogP contribution in [0.3, 0.4) is 0 Å². The van der Waals surface area contributed by atoms with E-state index in [9.17, 15) is 4.79 Å². The molecular formula is C17H18BrClN2O2. The molecule has 0 unspecified atom stereocenters. The van der Waals surface area contributed by atoms with Gasteiger partial charge in [0.15, 0.2) is 0 Å². The summed E-state index contributed by atoms with van der Waals surface area (Å²) in [5.74, 6) is 0.389. The van der Waals surface area contributed by atoms with Gasteiger partial charge in [-0.2, -0.15) is 0 Å². The summed E-state index contributed by atoms with van der Waals surface area (Å²) in [7, 11) is 1.55. The minimum atomic E-state index is -0.417. The number of amides is 1. The normalized spacial score (nSPS) is 11.7. The molecule has 0 aromatic heterocycles. The summed E-state index contributed by atoms with van der Waals surface area (Å²) in [6.45, 7) is 3.79. The molecule has 6 heteroatoms. The largest absolute Gasteiger partial charge is 0.495 e. The molecule has 1 atom stereocenters. The van der Waals surface area contributed by atoms with Crippen LogP contribution in [-0.2, 0) is 4.79 Å². The number of hydrogen-bond donors (Lipinski definition) is 2. The Bertz CT molecular complexity index is 722. The molecule has 2 rings (SSSR count). The van der Waals surface area contributed by atoms with E-state index in [0.717, 1.165) is 15.7 Å². The summed E-state index contributed by atoms with van der Waals surface area (Å²) >= 11 is 9.43. The first-order chi connectivity index (χ1) is 10.9. The molecule has 0 bridgehead atoms. The van der Waals surface area contributed by atoms with Crippen LogP contribution < -0.4 is 15.4 Å². The SMILES string of the molecule is COc1ccc(Cl)cc1NC(=O)[C@@H](C)Nc1ccc(Br)c(C)c1. The zero-order valence-corrected chi connectivity index (χ0v) is 15.5. The van der Waals surface area contributed by atoms with Crippen LogP contribution >= 0.6 is 27.5 Å². The molecule has 122 valence electrons. The van der Waals surface area contributed by atoms with Gasteiger partial charge in [-0.3, -0.25) is 4.79 Å². The fourth-order valence-electron chi connectivity index (χ4n) is 2.07. The van der Waals surface area contributed by atoms with Crippen LogP contribution in [0, 0.1) is 6.92 Å². The molecule has 0 aliphatic heterocycles. The molecule has 0 saturated carbocycles. The summed E-state index contributed by atoms with van der Waals surface area (Å²) in [5.41, 5.74) is 2.52. The second kappa shape index (κ2) is 7.70. The van der Waals surface area contributed by atoms with Crippen LogP contribution in [0.5, 0.6) is 5.75 Å². The van der Waals surface area contributed by atoms with Crippen molar-refractivity contribution in [3.63, 3.8) is 0 Å². The molecule has 2 aromatic rings. The van der Waals surface area contributed by atoms with E-state index in [4.69, 9.17) is 16.3 Å². The average Bonchev–Trinajstić information content (AvgIpc) is 2.51. The fraction of sp³-hybridized carbons (Fsp3) is 0.235. The third-order valence-electron chi connectivity index (χ3n) is 3.35. The minimum Gasteiger partial charge on any atom is -0.495 e. The van der Waals surface area contributed by atoms with Gasteiger partial charge in [0.05, 0.1) is 12.8 Å². The van der Waals surface area contributed by atoms with Crippen molar-refractivity contribution in [3.8, 4) is 5.75 Å². The van der Waals surface area contributed by atoms with E-state index in [1.165, 1.54) is 0 Å². The quantitative estimate of drug-likeness (QED) is 0.757. The number of halogens is 2. The van der Waals surface area contributed by atoms with Crippen molar-refractivity contribution in [2.24, 2.45) is 0 Å². The molecule has 4 nitrogen and oxygen atoms in total. The summed E-state index contributed by atoms with van der Waals surface area (Å²) < 4.78 is 6.26. The van der Waals surface area contributed by atoms with Gasteiger partial charge in [0, 0.05) is 15.2 Å². The summed E-state index contributed by atoms with van der Waals surface area (Å²) in [6.07, 6.45) is 0. The number of anilines is 2. The minimum absolute atomic E-state index is 0.175. The summed E-state index contributed by atoms with van der Waals surface area (Å²) in [5, 5.41) is 6.54. The van der Waals surface area contributed by atoms with E-state index in [-0.39, 0.29) is 5.91 Å². The first-order valence-electron chi connectivity index (χ1n) is 7.08. The summed E-state index contributed by atoms with van der Waals surface area (Å²) in [4.78, 5) is 12.4. The standard InChI is InChI=1S/C17H18BrClN2O2/c1-10-8-13(5-6-14(10)18)20-11(2)17(22)21-15-9-12(19)4-7-16(15)23-3/h4-9,11,20H,1-3H3,(H,21,22)/t11-/m1/s1. The lowest BCUT2D eigenvalue weighted by Gasteiger charge is -2.17. The molecule has 23 heavy (non-hydrogen) atoms. The van der Waals surface area contributed by atoms with E-state index in [1.54, 1.807) is 32.2 Å². The smallest absolute Gasteiger partial charge is 0.246 e. The van der Waals surface area contributed by atoms with Gasteiger partial charge in [0.1, 0.15) is 11.8 Å². The Hall–Kier alpha value is -1.72. The van der Waals surface area contributed by atoms with Gasteiger partial charge in [-0.1, -0.05) is 27.5 Å². The molecule has 0 saturated heterocycles. The molecule has 1 amide bonds. The van der Waals surface area contributed by atoms with Crippen molar-refractivity contribution < 1.29 is 9.53 Å². The second-order valence-corrected chi connectivity index (χ2v) is 6.45. The van der Waals surface area contributed by atoms with E-state index >= 15 is 0 Å².